The molecule has 1 aliphatic rings. The molecule has 1 atom stereocenters. The second-order valence-corrected chi connectivity index (χ2v) is 6.93. The molecule has 27 heavy (non-hydrogen) atoms. The first-order valence-electron chi connectivity index (χ1n) is 8.88. The van der Waals surface area contributed by atoms with Crippen LogP contribution in [0, 0.1) is 12.8 Å². The van der Waals surface area contributed by atoms with Crippen molar-refractivity contribution in [1.29, 1.82) is 0 Å². The van der Waals surface area contributed by atoms with Gasteiger partial charge in [-0.15, -0.1) is 0 Å². The zero-order valence-corrected chi connectivity index (χ0v) is 15.2. The van der Waals surface area contributed by atoms with E-state index in [0.717, 1.165) is 17.0 Å². The summed E-state index contributed by atoms with van der Waals surface area (Å²) in [6.45, 7) is 1.92. The van der Waals surface area contributed by atoms with Gasteiger partial charge in [0.1, 0.15) is 0 Å². The third-order valence-electron chi connectivity index (χ3n) is 5.16. The first-order valence-corrected chi connectivity index (χ1v) is 8.88. The molecule has 3 aromatic heterocycles. The van der Waals surface area contributed by atoms with E-state index in [1.54, 1.807) is 23.1 Å². The first-order chi connectivity index (χ1) is 13.0. The van der Waals surface area contributed by atoms with Gasteiger partial charge in [-0.05, 0) is 37.8 Å². The minimum atomic E-state index is -0.330. The Morgan fingerprint density at radius 3 is 2.85 bits per heavy atom. The van der Waals surface area contributed by atoms with Gasteiger partial charge >= 0.3 is 0 Å². The third-order valence-corrected chi connectivity index (χ3v) is 5.16. The predicted octanol–water partition coefficient (Wildman–Crippen LogP) is 2.02. The van der Waals surface area contributed by atoms with Crippen LogP contribution in [-0.4, -0.2) is 37.0 Å². The molecular weight excluding hydrogens is 346 g/mol. The number of nitrogens with one attached hydrogen (secondary N) is 1. The molecule has 1 unspecified atom stereocenters. The predicted molar refractivity (Wildman–Crippen MR) is 96.6 cm³/mol. The van der Waals surface area contributed by atoms with E-state index in [1.807, 2.05) is 32.2 Å². The van der Waals surface area contributed by atoms with E-state index >= 15 is 0 Å². The molecule has 1 saturated carbocycles. The fraction of sp³-hybridized carbons (Fsp3) is 0.368. The van der Waals surface area contributed by atoms with Crippen LogP contribution >= 0.6 is 0 Å². The Kier molecular flexibility index (Phi) is 4.49. The second kappa shape index (κ2) is 6.96. The number of carbonyl (C=O) groups is 1. The van der Waals surface area contributed by atoms with Crippen molar-refractivity contribution in [2.45, 2.75) is 31.9 Å². The second-order valence-electron chi connectivity index (χ2n) is 6.93. The van der Waals surface area contributed by atoms with Crippen molar-refractivity contribution in [3.05, 3.63) is 53.7 Å². The van der Waals surface area contributed by atoms with Crippen molar-refractivity contribution < 1.29 is 14.4 Å². The lowest BCUT2D eigenvalue weighted by atomic mass is 9.76. The molecule has 0 radical (unpaired) electrons. The molecule has 8 nitrogen and oxygen atoms in total. The van der Waals surface area contributed by atoms with E-state index in [4.69, 9.17) is 4.52 Å². The Hall–Kier alpha value is -3.00. The number of aliphatic hydroxyl groups excluding tert-OH is 1. The van der Waals surface area contributed by atoms with Crippen LogP contribution < -0.4 is 5.32 Å². The molecule has 8 heteroatoms. The molecule has 0 aliphatic heterocycles. The molecule has 0 spiro atoms. The average Bonchev–Trinajstić information content (AvgIpc) is 3.25. The molecule has 1 fully saturated rings. The molecule has 3 heterocycles. The Balaban J connectivity index is 1.54. The average molecular weight is 367 g/mol. The molecule has 0 bridgehead atoms. The molecule has 3 aromatic rings. The third kappa shape index (κ3) is 3.35. The normalized spacial score (nSPS) is 20.1. The maximum absolute atomic E-state index is 12.7. The number of nitrogens with zero attached hydrogens (tertiary/aromatic N) is 4. The van der Waals surface area contributed by atoms with Gasteiger partial charge in [-0.3, -0.25) is 14.5 Å². The van der Waals surface area contributed by atoms with Gasteiger partial charge in [0.25, 0.3) is 5.91 Å². The summed E-state index contributed by atoms with van der Waals surface area (Å²) in [6.07, 6.45) is 4.35. The number of hydrogen-bond acceptors (Lipinski definition) is 6. The van der Waals surface area contributed by atoms with Crippen molar-refractivity contribution >= 4 is 5.91 Å². The van der Waals surface area contributed by atoms with Crippen molar-refractivity contribution in [3.8, 4) is 11.3 Å². The smallest absolute Gasteiger partial charge is 0.274 e. The van der Waals surface area contributed by atoms with E-state index in [-0.39, 0.29) is 29.7 Å². The Morgan fingerprint density at radius 1 is 1.41 bits per heavy atom. The van der Waals surface area contributed by atoms with Gasteiger partial charge in [0.2, 0.25) is 0 Å². The van der Waals surface area contributed by atoms with Crippen LogP contribution in [0.5, 0.6) is 0 Å². The highest BCUT2D eigenvalue weighted by atomic mass is 16.5. The lowest BCUT2D eigenvalue weighted by Gasteiger charge is -2.37. The summed E-state index contributed by atoms with van der Waals surface area (Å²) in [7, 11) is 1.84. The summed E-state index contributed by atoms with van der Waals surface area (Å²) >= 11 is 0. The summed E-state index contributed by atoms with van der Waals surface area (Å²) in [5.41, 5.74) is 2.70. The highest BCUT2D eigenvalue weighted by Gasteiger charge is 2.36. The van der Waals surface area contributed by atoms with E-state index < -0.39 is 0 Å². The number of amides is 1. The summed E-state index contributed by atoms with van der Waals surface area (Å²) in [4.78, 5) is 17.1. The largest absolute Gasteiger partial charge is 0.393 e. The van der Waals surface area contributed by atoms with Gasteiger partial charge in [-0.1, -0.05) is 11.2 Å². The van der Waals surface area contributed by atoms with Gasteiger partial charge in [0.05, 0.1) is 29.6 Å². The Morgan fingerprint density at radius 2 is 2.22 bits per heavy atom. The lowest BCUT2D eigenvalue weighted by Crippen LogP contribution is -2.41. The van der Waals surface area contributed by atoms with E-state index in [2.05, 4.69) is 20.6 Å². The van der Waals surface area contributed by atoms with Crippen LogP contribution in [0.4, 0.5) is 0 Å². The van der Waals surface area contributed by atoms with Gasteiger partial charge in [0, 0.05) is 25.0 Å². The van der Waals surface area contributed by atoms with Crippen LogP contribution in [0.1, 0.15) is 40.8 Å². The summed E-state index contributed by atoms with van der Waals surface area (Å²) in [6, 6.07) is 6.93. The quantitative estimate of drug-likeness (QED) is 0.715. The molecule has 0 aromatic carbocycles. The summed E-state index contributed by atoms with van der Waals surface area (Å²) in [5.74, 6) is 0.313. The monoisotopic (exact) mass is 367 g/mol. The maximum Gasteiger partial charge on any atom is 0.274 e. The van der Waals surface area contributed by atoms with Gasteiger partial charge in [-0.25, -0.2) is 0 Å². The standard InChI is InChI=1S/C19H21N5O3/c1-11-14(10-21-24(11)2)17-9-16(23-27-17)19(26)22-18(12-7-13(25)8-12)15-5-3-4-6-20-15/h3-6,9-10,12-13,18,25H,7-8H2,1-2H3,(H,22,26). The first kappa shape index (κ1) is 17.4. The molecular formula is C19H21N5O3. The molecule has 140 valence electrons. The fourth-order valence-corrected chi connectivity index (χ4v) is 3.36. The zero-order chi connectivity index (χ0) is 19.0. The van der Waals surface area contributed by atoms with Gasteiger partial charge < -0.3 is 14.9 Å². The zero-order valence-electron chi connectivity index (χ0n) is 15.2. The summed E-state index contributed by atoms with van der Waals surface area (Å²) < 4.78 is 7.08. The molecule has 1 aliphatic carbocycles. The number of carbonyl (C=O) groups excluding carboxylic acids is 1. The topological polar surface area (TPSA) is 106 Å². The highest BCUT2D eigenvalue weighted by Crippen LogP contribution is 2.37. The number of pyridine rings is 1. The Bertz CT molecular complexity index is 943. The van der Waals surface area contributed by atoms with Gasteiger partial charge in [-0.2, -0.15) is 5.10 Å². The minimum absolute atomic E-state index is 0.144. The van der Waals surface area contributed by atoms with Gasteiger partial charge in [0.15, 0.2) is 11.5 Å². The molecule has 2 N–H and O–H groups in total. The van der Waals surface area contributed by atoms with E-state index in [1.165, 1.54) is 0 Å². The van der Waals surface area contributed by atoms with Crippen molar-refractivity contribution in [2.75, 3.05) is 0 Å². The number of aromatic nitrogens is 4. The lowest BCUT2D eigenvalue weighted by molar-refractivity contribution is 0.0227. The van der Waals surface area contributed by atoms with Crippen LogP contribution in [-0.2, 0) is 7.05 Å². The number of aliphatic hydroxyl groups is 1. The Labute approximate surface area is 156 Å². The van der Waals surface area contributed by atoms with Crippen LogP contribution in [0.2, 0.25) is 0 Å². The van der Waals surface area contributed by atoms with Crippen molar-refractivity contribution in [2.24, 2.45) is 13.0 Å². The van der Waals surface area contributed by atoms with Crippen molar-refractivity contribution in [3.63, 3.8) is 0 Å². The molecule has 1 amide bonds. The minimum Gasteiger partial charge on any atom is -0.393 e. The molecule has 4 rings (SSSR count). The summed E-state index contributed by atoms with van der Waals surface area (Å²) in [5, 5.41) is 20.7. The van der Waals surface area contributed by atoms with Crippen LogP contribution in [0.25, 0.3) is 11.3 Å². The number of rotatable bonds is 5. The highest BCUT2D eigenvalue weighted by molar-refractivity contribution is 5.93. The number of hydrogen-bond donors (Lipinski definition) is 2. The molecule has 0 saturated heterocycles. The number of aryl methyl sites for hydroxylation is 1. The van der Waals surface area contributed by atoms with E-state index in [0.29, 0.717) is 18.6 Å². The fourth-order valence-electron chi connectivity index (χ4n) is 3.36. The SMILES string of the molecule is Cc1c(-c2cc(C(=O)NC(c3ccccn3)C3CC(O)C3)no2)cnn1C. The van der Waals surface area contributed by atoms with Crippen LogP contribution in [0.15, 0.2) is 41.2 Å². The van der Waals surface area contributed by atoms with E-state index in [9.17, 15) is 9.90 Å². The van der Waals surface area contributed by atoms with Crippen molar-refractivity contribution in [1.82, 2.24) is 25.2 Å². The van der Waals surface area contributed by atoms with Crippen LogP contribution in [0.3, 0.4) is 0 Å². The maximum atomic E-state index is 12.7.